The first-order valence-corrected chi connectivity index (χ1v) is 8.87. The van der Waals surface area contributed by atoms with E-state index in [2.05, 4.69) is 36.8 Å². The summed E-state index contributed by atoms with van der Waals surface area (Å²) in [5.41, 5.74) is 1.88. The summed E-state index contributed by atoms with van der Waals surface area (Å²) >= 11 is 7.02. The third-order valence-corrected chi connectivity index (χ3v) is 5.11. The van der Waals surface area contributed by atoms with Gasteiger partial charge in [-0.3, -0.25) is 4.79 Å². The third-order valence-electron chi connectivity index (χ3n) is 3.70. The fourth-order valence-corrected chi connectivity index (χ4v) is 3.44. The molecule has 0 bridgehead atoms. The van der Waals surface area contributed by atoms with Crippen molar-refractivity contribution in [3.63, 3.8) is 0 Å². The molecule has 1 fully saturated rings. The van der Waals surface area contributed by atoms with Crippen molar-refractivity contribution >= 4 is 37.8 Å². The SMILES string of the molecule is Cc1cccc(C(=O)N2CCCN(CCBr)CC2)c1Br. The number of aryl methyl sites for hydroxylation is 1. The lowest BCUT2D eigenvalue weighted by molar-refractivity contribution is 0.0761. The highest BCUT2D eigenvalue weighted by atomic mass is 79.9. The molecule has 0 aliphatic carbocycles. The van der Waals surface area contributed by atoms with Crippen LogP contribution in [0.1, 0.15) is 22.3 Å². The first kappa shape index (κ1) is 16.0. The Balaban J connectivity index is 2.07. The van der Waals surface area contributed by atoms with E-state index in [0.29, 0.717) is 0 Å². The van der Waals surface area contributed by atoms with Gasteiger partial charge in [-0.05, 0) is 47.4 Å². The van der Waals surface area contributed by atoms with Gasteiger partial charge in [0.15, 0.2) is 0 Å². The van der Waals surface area contributed by atoms with Gasteiger partial charge in [0.25, 0.3) is 5.91 Å². The van der Waals surface area contributed by atoms with Crippen LogP contribution < -0.4 is 0 Å². The van der Waals surface area contributed by atoms with Gasteiger partial charge in [-0.25, -0.2) is 0 Å². The van der Waals surface area contributed by atoms with Gasteiger partial charge in [-0.15, -0.1) is 0 Å². The van der Waals surface area contributed by atoms with Crippen molar-refractivity contribution in [1.29, 1.82) is 0 Å². The topological polar surface area (TPSA) is 23.6 Å². The summed E-state index contributed by atoms with van der Waals surface area (Å²) in [6.45, 7) is 6.76. The third kappa shape index (κ3) is 3.83. The maximum Gasteiger partial charge on any atom is 0.255 e. The lowest BCUT2D eigenvalue weighted by Crippen LogP contribution is -2.35. The molecule has 5 heteroatoms. The van der Waals surface area contributed by atoms with Gasteiger partial charge in [-0.2, -0.15) is 0 Å². The van der Waals surface area contributed by atoms with Crippen LogP contribution in [0.4, 0.5) is 0 Å². The number of hydrogen-bond acceptors (Lipinski definition) is 2. The molecule has 1 aliphatic heterocycles. The molecule has 1 aromatic carbocycles. The highest BCUT2D eigenvalue weighted by molar-refractivity contribution is 9.10. The molecule has 0 unspecified atom stereocenters. The molecule has 1 aliphatic rings. The molecule has 1 heterocycles. The van der Waals surface area contributed by atoms with Crippen LogP contribution in [0, 0.1) is 6.92 Å². The molecule has 0 aromatic heterocycles. The van der Waals surface area contributed by atoms with Gasteiger partial charge in [0, 0.05) is 36.0 Å². The largest absolute Gasteiger partial charge is 0.337 e. The van der Waals surface area contributed by atoms with Gasteiger partial charge in [0.1, 0.15) is 0 Å². The lowest BCUT2D eigenvalue weighted by atomic mass is 10.1. The molecular formula is C15H20Br2N2O. The molecule has 2 rings (SSSR count). The van der Waals surface area contributed by atoms with Crippen LogP contribution in [0.3, 0.4) is 0 Å². The molecule has 1 amide bonds. The fraction of sp³-hybridized carbons (Fsp3) is 0.533. The number of halogens is 2. The Bertz CT molecular complexity index is 479. The van der Waals surface area contributed by atoms with E-state index in [9.17, 15) is 4.79 Å². The fourth-order valence-electron chi connectivity index (χ4n) is 2.50. The Morgan fingerprint density at radius 2 is 2.05 bits per heavy atom. The molecule has 20 heavy (non-hydrogen) atoms. The van der Waals surface area contributed by atoms with Crippen LogP contribution in [-0.2, 0) is 0 Å². The first-order chi connectivity index (χ1) is 9.63. The number of rotatable bonds is 3. The summed E-state index contributed by atoms with van der Waals surface area (Å²) in [5, 5.41) is 0.990. The van der Waals surface area contributed by atoms with Gasteiger partial charge >= 0.3 is 0 Å². The van der Waals surface area contributed by atoms with E-state index in [-0.39, 0.29) is 5.91 Å². The van der Waals surface area contributed by atoms with Crippen molar-refractivity contribution in [3.05, 3.63) is 33.8 Å². The van der Waals surface area contributed by atoms with E-state index >= 15 is 0 Å². The van der Waals surface area contributed by atoms with E-state index in [4.69, 9.17) is 0 Å². The van der Waals surface area contributed by atoms with E-state index < -0.39 is 0 Å². The van der Waals surface area contributed by atoms with Crippen molar-refractivity contribution in [2.45, 2.75) is 13.3 Å². The molecule has 0 radical (unpaired) electrons. The molecular weight excluding hydrogens is 384 g/mol. The Morgan fingerprint density at radius 1 is 1.25 bits per heavy atom. The Hall–Kier alpha value is -0.390. The number of amides is 1. The van der Waals surface area contributed by atoms with Crippen LogP contribution >= 0.6 is 31.9 Å². The second kappa shape index (κ2) is 7.57. The van der Waals surface area contributed by atoms with Gasteiger partial charge < -0.3 is 9.80 Å². The van der Waals surface area contributed by atoms with Gasteiger partial charge in [0.2, 0.25) is 0 Å². The zero-order valence-corrected chi connectivity index (χ0v) is 14.9. The molecule has 110 valence electrons. The average Bonchev–Trinajstić information content (AvgIpc) is 2.67. The zero-order chi connectivity index (χ0) is 14.5. The summed E-state index contributed by atoms with van der Waals surface area (Å²) in [7, 11) is 0. The zero-order valence-electron chi connectivity index (χ0n) is 11.7. The Kier molecular flexibility index (Phi) is 6.05. The van der Waals surface area contributed by atoms with Crippen molar-refractivity contribution in [1.82, 2.24) is 9.80 Å². The molecule has 1 aromatic rings. The van der Waals surface area contributed by atoms with Crippen molar-refractivity contribution in [2.24, 2.45) is 0 Å². The molecule has 3 nitrogen and oxygen atoms in total. The minimum Gasteiger partial charge on any atom is -0.337 e. The molecule has 0 atom stereocenters. The van der Waals surface area contributed by atoms with E-state index in [1.54, 1.807) is 0 Å². The van der Waals surface area contributed by atoms with Crippen molar-refractivity contribution in [2.75, 3.05) is 38.1 Å². The van der Waals surface area contributed by atoms with Crippen LogP contribution in [0.15, 0.2) is 22.7 Å². The lowest BCUT2D eigenvalue weighted by Gasteiger charge is -2.22. The van der Waals surface area contributed by atoms with Gasteiger partial charge in [-0.1, -0.05) is 28.1 Å². The highest BCUT2D eigenvalue weighted by Crippen LogP contribution is 2.23. The van der Waals surface area contributed by atoms with E-state index in [1.165, 1.54) is 0 Å². The molecule has 1 saturated heterocycles. The summed E-state index contributed by atoms with van der Waals surface area (Å²) in [4.78, 5) is 17.0. The normalized spacial score (nSPS) is 17.1. The van der Waals surface area contributed by atoms with Crippen LogP contribution in [0.25, 0.3) is 0 Å². The number of nitrogens with zero attached hydrogens (tertiary/aromatic N) is 2. The minimum absolute atomic E-state index is 0.140. The van der Waals surface area contributed by atoms with Crippen LogP contribution in [0.5, 0.6) is 0 Å². The number of benzene rings is 1. The van der Waals surface area contributed by atoms with Crippen LogP contribution in [0.2, 0.25) is 0 Å². The second-order valence-corrected chi connectivity index (χ2v) is 6.70. The monoisotopic (exact) mass is 402 g/mol. The Labute approximate surface area is 137 Å². The summed E-state index contributed by atoms with van der Waals surface area (Å²) < 4.78 is 0.923. The maximum atomic E-state index is 12.7. The van der Waals surface area contributed by atoms with Crippen molar-refractivity contribution in [3.8, 4) is 0 Å². The standard InChI is InChI=1S/C15H20Br2N2O/c1-12-4-2-5-13(14(12)17)15(20)19-8-3-7-18(9-6-16)10-11-19/h2,4-5H,3,6-11H2,1H3. The summed E-state index contributed by atoms with van der Waals surface area (Å²) in [6, 6.07) is 5.86. The first-order valence-electron chi connectivity index (χ1n) is 6.96. The second-order valence-electron chi connectivity index (χ2n) is 5.11. The molecule has 0 N–H and O–H groups in total. The van der Waals surface area contributed by atoms with Crippen LogP contribution in [-0.4, -0.2) is 53.8 Å². The van der Waals surface area contributed by atoms with E-state index in [0.717, 1.165) is 60.1 Å². The molecule has 0 spiro atoms. The molecule has 0 saturated carbocycles. The summed E-state index contributed by atoms with van der Waals surface area (Å²) in [5.74, 6) is 0.140. The smallest absolute Gasteiger partial charge is 0.255 e. The highest BCUT2D eigenvalue weighted by Gasteiger charge is 2.21. The minimum atomic E-state index is 0.140. The quantitative estimate of drug-likeness (QED) is 0.723. The van der Waals surface area contributed by atoms with Crippen molar-refractivity contribution < 1.29 is 4.79 Å². The predicted molar refractivity (Wildman–Crippen MR) is 89.6 cm³/mol. The Morgan fingerprint density at radius 3 is 2.80 bits per heavy atom. The van der Waals surface area contributed by atoms with E-state index in [1.807, 2.05) is 30.0 Å². The van der Waals surface area contributed by atoms with Gasteiger partial charge in [0.05, 0.1) is 5.56 Å². The number of alkyl halides is 1. The summed E-state index contributed by atoms with van der Waals surface area (Å²) in [6.07, 6.45) is 1.04. The predicted octanol–water partition coefficient (Wildman–Crippen LogP) is 3.30. The number of carbonyl (C=O) groups excluding carboxylic acids is 1. The number of carbonyl (C=O) groups is 1. The average molecular weight is 404 g/mol. The number of hydrogen-bond donors (Lipinski definition) is 0. The maximum absolute atomic E-state index is 12.7.